The van der Waals surface area contributed by atoms with Gasteiger partial charge in [0.1, 0.15) is 11.6 Å². The molecule has 136 valence electrons. The molecular weight excluding hydrogens is 363 g/mol. The molecule has 0 atom stereocenters. The molecule has 7 nitrogen and oxygen atoms in total. The van der Waals surface area contributed by atoms with Crippen molar-refractivity contribution in [2.24, 2.45) is 5.73 Å². The zero-order valence-corrected chi connectivity index (χ0v) is 15.8. The van der Waals surface area contributed by atoms with Crippen molar-refractivity contribution in [1.82, 2.24) is 20.1 Å². The molecule has 2 heterocycles. The standard InChI is InChI=1S/C16H20N6O.2ClH/c1-3-15-19-14(21-23-15)10-22(2)16-11-6-4-5-7-12(11)18-13(20-16)8-9-17;;/h4-7H,3,8-10,17H2,1-2H3;2*1H. The summed E-state index contributed by atoms with van der Waals surface area (Å²) in [6.07, 6.45) is 1.38. The number of rotatable bonds is 6. The lowest BCUT2D eigenvalue weighted by Crippen LogP contribution is -2.20. The first-order valence-electron chi connectivity index (χ1n) is 7.69. The maximum absolute atomic E-state index is 5.65. The molecular formula is C16H22Cl2N6O. The van der Waals surface area contributed by atoms with Crippen LogP contribution in [-0.4, -0.2) is 33.7 Å². The fourth-order valence-electron chi connectivity index (χ4n) is 2.42. The van der Waals surface area contributed by atoms with Gasteiger partial charge >= 0.3 is 0 Å². The molecule has 3 aromatic rings. The van der Waals surface area contributed by atoms with E-state index in [0.717, 1.165) is 29.0 Å². The van der Waals surface area contributed by atoms with Gasteiger partial charge in [-0.1, -0.05) is 24.2 Å². The minimum absolute atomic E-state index is 0. The Hall–Kier alpha value is -1.96. The molecule has 0 fully saturated rings. The summed E-state index contributed by atoms with van der Waals surface area (Å²) in [4.78, 5) is 15.6. The van der Waals surface area contributed by atoms with E-state index in [1.807, 2.05) is 43.1 Å². The highest BCUT2D eigenvalue weighted by atomic mass is 35.5. The predicted molar refractivity (Wildman–Crippen MR) is 103 cm³/mol. The number of hydrogen-bond acceptors (Lipinski definition) is 7. The molecule has 9 heteroatoms. The first-order valence-corrected chi connectivity index (χ1v) is 7.69. The van der Waals surface area contributed by atoms with Crippen LogP contribution in [0.5, 0.6) is 0 Å². The van der Waals surface area contributed by atoms with Crippen LogP contribution in [0.1, 0.15) is 24.5 Å². The summed E-state index contributed by atoms with van der Waals surface area (Å²) >= 11 is 0. The third-order valence-electron chi connectivity index (χ3n) is 3.55. The predicted octanol–water partition coefficient (Wildman–Crippen LogP) is 2.56. The summed E-state index contributed by atoms with van der Waals surface area (Å²) in [5, 5.41) is 5.00. The minimum Gasteiger partial charge on any atom is -0.351 e. The van der Waals surface area contributed by atoms with Crippen molar-refractivity contribution < 1.29 is 4.52 Å². The average Bonchev–Trinajstić information content (AvgIpc) is 3.02. The Morgan fingerprint density at radius 3 is 2.52 bits per heavy atom. The third kappa shape index (κ3) is 4.78. The Labute approximate surface area is 158 Å². The Bertz CT molecular complexity index is 810. The molecule has 0 unspecified atom stereocenters. The second-order valence-electron chi connectivity index (χ2n) is 5.33. The van der Waals surface area contributed by atoms with Gasteiger partial charge in [-0.05, 0) is 18.7 Å². The highest BCUT2D eigenvalue weighted by Crippen LogP contribution is 2.24. The molecule has 2 N–H and O–H groups in total. The number of hydrogen-bond donors (Lipinski definition) is 1. The van der Waals surface area contributed by atoms with Crippen LogP contribution in [0, 0.1) is 0 Å². The van der Waals surface area contributed by atoms with Crippen LogP contribution >= 0.6 is 24.8 Å². The van der Waals surface area contributed by atoms with E-state index in [1.165, 1.54) is 0 Å². The highest BCUT2D eigenvalue weighted by Gasteiger charge is 2.14. The largest absolute Gasteiger partial charge is 0.351 e. The Morgan fingerprint density at radius 1 is 1.08 bits per heavy atom. The van der Waals surface area contributed by atoms with E-state index in [0.29, 0.717) is 31.2 Å². The van der Waals surface area contributed by atoms with Crippen LogP contribution in [0.4, 0.5) is 5.82 Å². The number of anilines is 1. The summed E-state index contributed by atoms with van der Waals surface area (Å²) in [7, 11) is 1.96. The van der Waals surface area contributed by atoms with Crippen LogP contribution in [0.3, 0.4) is 0 Å². The Morgan fingerprint density at radius 2 is 1.84 bits per heavy atom. The summed E-state index contributed by atoms with van der Waals surface area (Å²) in [5.41, 5.74) is 6.56. The van der Waals surface area contributed by atoms with Crippen molar-refractivity contribution in [3.8, 4) is 0 Å². The van der Waals surface area contributed by atoms with Gasteiger partial charge in [0.15, 0.2) is 5.82 Å². The quantitative estimate of drug-likeness (QED) is 0.697. The lowest BCUT2D eigenvalue weighted by Gasteiger charge is -2.19. The number of aryl methyl sites for hydroxylation is 1. The van der Waals surface area contributed by atoms with Crippen LogP contribution in [-0.2, 0) is 19.4 Å². The molecule has 1 aromatic carbocycles. The number of fused-ring (bicyclic) bond motifs is 1. The van der Waals surface area contributed by atoms with E-state index in [-0.39, 0.29) is 24.8 Å². The van der Waals surface area contributed by atoms with Gasteiger partial charge in [-0.3, -0.25) is 0 Å². The fourth-order valence-corrected chi connectivity index (χ4v) is 2.42. The van der Waals surface area contributed by atoms with E-state index in [2.05, 4.69) is 20.1 Å². The molecule has 0 aliphatic carbocycles. The molecule has 0 saturated heterocycles. The number of nitrogens with zero attached hydrogens (tertiary/aromatic N) is 5. The first-order chi connectivity index (χ1) is 11.2. The topological polar surface area (TPSA) is 94.0 Å². The van der Waals surface area contributed by atoms with Crippen molar-refractivity contribution in [3.05, 3.63) is 41.8 Å². The van der Waals surface area contributed by atoms with Crippen molar-refractivity contribution >= 4 is 41.5 Å². The number of nitrogens with two attached hydrogens (primary N) is 1. The SMILES string of the molecule is CCc1nc(CN(C)c2nc(CCN)nc3ccccc23)no1.Cl.Cl. The molecule has 3 rings (SSSR count). The number of halogens is 2. The minimum atomic E-state index is 0. The normalized spacial score (nSPS) is 10.2. The van der Waals surface area contributed by atoms with Gasteiger partial charge in [-0.15, -0.1) is 24.8 Å². The average molecular weight is 385 g/mol. The van der Waals surface area contributed by atoms with E-state index >= 15 is 0 Å². The summed E-state index contributed by atoms with van der Waals surface area (Å²) in [6, 6.07) is 7.95. The smallest absolute Gasteiger partial charge is 0.226 e. The van der Waals surface area contributed by atoms with E-state index in [1.54, 1.807) is 0 Å². The molecule has 0 spiro atoms. The van der Waals surface area contributed by atoms with Crippen LogP contribution in [0.2, 0.25) is 0 Å². The molecule has 0 saturated carbocycles. The van der Waals surface area contributed by atoms with Crippen molar-refractivity contribution in [1.29, 1.82) is 0 Å². The molecule has 0 aliphatic heterocycles. The van der Waals surface area contributed by atoms with Gasteiger partial charge < -0.3 is 15.2 Å². The van der Waals surface area contributed by atoms with Gasteiger partial charge in [0, 0.05) is 25.3 Å². The summed E-state index contributed by atoms with van der Waals surface area (Å²) in [5.74, 6) is 2.88. The van der Waals surface area contributed by atoms with Crippen LogP contribution in [0.25, 0.3) is 10.9 Å². The van der Waals surface area contributed by atoms with Gasteiger partial charge in [-0.2, -0.15) is 4.98 Å². The van der Waals surface area contributed by atoms with Crippen molar-refractivity contribution in [2.45, 2.75) is 26.3 Å². The van der Waals surface area contributed by atoms with E-state index in [4.69, 9.17) is 10.3 Å². The molecule has 0 bridgehead atoms. The Kier molecular flexibility index (Phi) is 8.02. The molecule has 0 amide bonds. The summed E-state index contributed by atoms with van der Waals surface area (Å²) in [6.45, 7) is 3.02. The van der Waals surface area contributed by atoms with Crippen LogP contribution < -0.4 is 10.6 Å². The first kappa shape index (κ1) is 21.1. The fraction of sp³-hybridized carbons (Fsp3) is 0.375. The van der Waals surface area contributed by atoms with E-state index < -0.39 is 0 Å². The Balaban J connectivity index is 0.00000156. The third-order valence-corrected chi connectivity index (χ3v) is 3.55. The van der Waals surface area contributed by atoms with E-state index in [9.17, 15) is 0 Å². The number of para-hydroxylation sites is 1. The molecule has 0 aliphatic rings. The van der Waals surface area contributed by atoms with Gasteiger partial charge in [0.25, 0.3) is 0 Å². The van der Waals surface area contributed by atoms with Crippen molar-refractivity contribution in [2.75, 3.05) is 18.5 Å². The molecule has 2 aromatic heterocycles. The number of benzene rings is 1. The van der Waals surface area contributed by atoms with Crippen molar-refractivity contribution in [3.63, 3.8) is 0 Å². The van der Waals surface area contributed by atoms with Crippen LogP contribution in [0.15, 0.2) is 28.8 Å². The number of aromatic nitrogens is 4. The monoisotopic (exact) mass is 384 g/mol. The zero-order valence-electron chi connectivity index (χ0n) is 14.2. The second-order valence-corrected chi connectivity index (χ2v) is 5.33. The lowest BCUT2D eigenvalue weighted by molar-refractivity contribution is 0.376. The maximum atomic E-state index is 5.65. The van der Waals surface area contributed by atoms with Gasteiger partial charge in [0.05, 0.1) is 12.1 Å². The second kappa shape index (κ2) is 9.50. The lowest BCUT2D eigenvalue weighted by atomic mass is 10.2. The highest BCUT2D eigenvalue weighted by molar-refractivity contribution is 5.89. The molecule has 0 radical (unpaired) electrons. The maximum Gasteiger partial charge on any atom is 0.226 e. The zero-order chi connectivity index (χ0) is 16.2. The van der Waals surface area contributed by atoms with Gasteiger partial charge in [0.2, 0.25) is 5.89 Å². The summed E-state index contributed by atoms with van der Waals surface area (Å²) < 4.78 is 5.16. The molecule has 25 heavy (non-hydrogen) atoms. The van der Waals surface area contributed by atoms with Gasteiger partial charge in [-0.25, -0.2) is 9.97 Å².